The standard InChI is InChI=1S/C35H38N6O13S/c1-6-39-14-15-40(30(48)29(39)47)33(50)37-25(22-12-13-23(53-19(2)43)24(16-22)54-20(3)44)27(45)38-35(32(49)52-17-21-10-8-7-9-11-21)34(4,5)55(51)31-26(36-18-42)28(46)41(31)35/h7-13,16,18,25-26,31H,6,14-15,17H2,1-5H3,(H,36,42)(H,37,50)(H,38,45)/t25?,26-,31-,35+,55?/m1/s1. The van der Waals surface area contributed by atoms with Gasteiger partial charge in [-0.3, -0.25) is 43.4 Å². The number of carbonyl (C=O) groups excluding carboxylic acids is 9. The fourth-order valence-corrected chi connectivity index (χ4v) is 8.56. The third kappa shape index (κ3) is 7.29. The first-order valence-electron chi connectivity index (χ1n) is 16.9. The normalized spacial score (nSPS) is 23.1. The van der Waals surface area contributed by atoms with Crippen LogP contribution in [0.1, 0.15) is 51.8 Å². The largest absolute Gasteiger partial charge is 0.614 e. The predicted molar refractivity (Wildman–Crippen MR) is 187 cm³/mol. The van der Waals surface area contributed by atoms with E-state index in [4.69, 9.17) is 14.2 Å². The summed E-state index contributed by atoms with van der Waals surface area (Å²) >= 11 is -2.15. The predicted octanol–water partition coefficient (Wildman–Crippen LogP) is -0.642. The molecule has 3 aliphatic heterocycles. The Morgan fingerprint density at radius 1 is 0.964 bits per heavy atom. The van der Waals surface area contributed by atoms with Gasteiger partial charge >= 0.3 is 35.8 Å². The summed E-state index contributed by atoms with van der Waals surface area (Å²) in [4.78, 5) is 120. The van der Waals surface area contributed by atoms with Crippen molar-refractivity contribution >= 4 is 65.2 Å². The first-order chi connectivity index (χ1) is 26.0. The van der Waals surface area contributed by atoms with Crippen LogP contribution in [0.25, 0.3) is 0 Å². The number of carbonyl (C=O) groups is 9. The monoisotopic (exact) mass is 782 g/mol. The van der Waals surface area contributed by atoms with Gasteiger partial charge < -0.3 is 39.6 Å². The van der Waals surface area contributed by atoms with Gasteiger partial charge in [-0.15, -0.1) is 0 Å². The van der Waals surface area contributed by atoms with Crippen LogP contribution in [0, 0.1) is 0 Å². The van der Waals surface area contributed by atoms with E-state index in [9.17, 15) is 47.7 Å². The Kier molecular flexibility index (Phi) is 11.5. The fourth-order valence-electron chi connectivity index (χ4n) is 6.54. The maximum Gasteiger partial charge on any atom is 0.359 e. The number of rotatable bonds is 12. The average molecular weight is 783 g/mol. The zero-order valence-electron chi connectivity index (χ0n) is 30.3. The van der Waals surface area contributed by atoms with Crippen molar-refractivity contribution in [3.8, 4) is 11.5 Å². The van der Waals surface area contributed by atoms with Crippen molar-refractivity contribution < 1.29 is 61.9 Å². The second kappa shape index (κ2) is 15.8. The zero-order chi connectivity index (χ0) is 40.4. The van der Waals surface area contributed by atoms with E-state index < -0.39 is 86.6 Å². The molecule has 3 saturated heterocycles. The number of urea groups is 1. The van der Waals surface area contributed by atoms with Crippen LogP contribution in [0.5, 0.6) is 11.5 Å². The molecule has 2 unspecified atom stereocenters. The van der Waals surface area contributed by atoms with Crippen LogP contribution in [0.4, 0.5) is 4.79 Å². The van der Waals surface area contributed by atoms with Gasteiger partial charge in [0.25, 0.3) is 11.6 Å². The molecular formula is C35H38N6O13S. The molecule has 5 rings (SSSR count). The first kappa shape index (κ1) is 40.2. The molecule has 2 aromatic rings. The van der Waals surface area contributed by atoms with Crippen molar-refractivity contribution in [2.75, 3.05) is 19.6 Å². The topological polar surface area (TPSA) is 250 Å². The number of fused-ring (bicyclic) bond motifs is 1. The number of hydrogen-bond acceptors (Lipinski definition) is 13. The minimum absolute atomic E-state index is 0.0101. The van der Waals surface area contributed by atoms with E-state index in [0.29, 0.717) is 10.5 Å². The van der Waals surface area contributed by atoms with E-state index in [2.05, 4.69) is 16.0 Å². The van der Waals surface area contributed by atoms with E-state index >= 15 is 0 Å². The Morgan fingerprint density at radius 2 is 1.62 bits per heavy atom. The third-order valence-corrected chi connectivity index (χ3v) is 11.6. The van der Waals surface area contributed by atoms with Crippen molar-refractivity contribution in [1.82, 2.24) is 30.7 Å². The van der Waals surface area contributed by atoms with Crippen LogP contribution in [0.3, 0.4) is 0 Å². The number of likely N-dealkylation sites (N-methyl/N-ethyl adjacent to an activating group) is 1. The number of amides is 7. The molecule has 3 aliphatic rings. The van der Waals surface area contributed by atoms with Gasteiger partial charge in [-0.1, -0.05) is 36.4 Å². The minimum atomic E-state index is -2.54. The van der Waals surface area contributed by atoms with Crippen molar-refractivity contribution in [3.63, 3.8) is 0 Å². The lowest BCUT2D eigenvalue weighted by Gasteiger charge is -2.46. The van der Waals surface area contributed by atoms with E-state index in [-0.39, 0.29) is 49.7 Å². The van der Waals surface area contributed by atoms with Gasteiger partial charge in [0.15, 0.2) is 22.3 Å². The molecule has 292 valence electrons. The van der Waals surface area contributed by atoms with Crippen LogP contribution in [-0.2, 0) is 60.9 Å². The third-order valence-electron chi connectivity index (χ3n) is 9.33. The van der Waals surface area contributed by atoms with Crippen LogP contribution < -0.4 is 25.4 Å². The van der Waals surface area contributed by atoms with Crippen molar-refractivity contribution in [2.24, 2.45) is 0 Å². The number of ether oxygens (including phenoxy) is 3. The van der Waals surface area contributed by atoms with Crippen LogP contribution in [-0.4, -0.2) is 115 Å². The molecule has 0 aliphatic carbocycles. The maximum atomic E-state index is 14.7. The maximum absolute atomic E-state index is 14.7. The fraction of sp³-hybridized carbons (Fsp3) is 0.400. The summed E-state index contributed by atoms with van der Waals surface area (Å²) in [6.07, 6.45) is 0.231. The molecule has 3 fully saturated rings. The smallest absolute Gasteiger partial charge is 0.359 e. The van der Waals surface area contributed by atoms with Gasteiger partial charge in [0.1, 0.15) is 12.6 Å². The number of esters is 3. The summed E-state index contributed by atoms with van der Waals surface area (Å²) in [5.41, 5.74) is -2.18. The molecule has 7 amide bonds. The Hall–Kier alpha value is -6.02. The number of benzene rings is 2. The molecule has 55 heavy (non-hydrogen) atoms. The highest BCUT2D eigenvalue weighted by molar-refractivity contribution is 7.94. The molecule has 0 bridgehead atoms. The summed E-state index contributed by atoms with van der Waals surface area (Å²) in [5, 5.41) is 5.89. The number of piperazine rings is 1. The Labute approximate surface area is 317 Å². The number of nitrogens with one attached hydrogen (secondary N) is 3. The lowest BCUT2D eigenvalue weighted by Crippen LogP contribution is -2.80. The van der Waals surface area contributed by atoms with Gasteiger partial charge in [0.05, 0.1) is 0 Å². The highest BCUT2D eigenvalue weighted by Crippen LogP contribution is 2.52. The van der Waals surface area contributed by atoms with E-state index in [1.54, 1.807) is 37.3 Å². The Morgan fingerprint density at radius 3 is 2.24 bits per heavy atom. The second-order valence-corrected chi connectivity index (χ2v) is 15.1. The summed E-state index contributed by atoms with van der Waals surface area (Å²) in [7, 11) is 0. The molecule has 3 N–H and O–H groups in total. The van der Waals surface area contributed by atoms with E-state index in [0.717, 1.165) is 30.9 Å². The van der Waals surface area contributed by atoms with Crippen molar-refractivity contribution in [1.29, 1.82) is 0 Å². The van der Waals surface area contributed by atoms with Gasteiger partial charge in [-0.25, -0.2) is 9.59 Å². The molecule has 3 heterocycles. The van der Waals surface area contributed by atoms with E-state index in [1.165, 1.54) is 24.8 Å². The molecule has 0 spiro atoms. The van der Waals surface area contributed by atoms with Gasteiger partial charge in [-0.2, -0.15) is 0 Å². The molecule has 5 atom stereocenters. The summed E-state index contributed by atoms with van der Waals surface area (Å²) in [5.74, 6) is -7.73. The lowest BCUT2D eigenvalue weighted by atomic mass is 9.87. The number of β-lactam (4-membered cyclic amide) rings is 1. The number of nitrogens with zero attached hydrogens (tertiary/aromatic N) is 3. The highest BCUT2D eigenvalue weighted by atomic mass is 32.2. The first-order valence-corrected chi connectivity index (χ1v) is 18.1. The summed E-state index contributed by atoms with van der Waals surface area (Å²) in [6.45, 7) is 6.05. The van der Waals surface area contributed by atoms with Gasteiger partial charge in [-0.05, 0) is 55.2 Å². The summed E-state index contributed by atoms with van der Waals surface area (Å²) in [6, 6.07) is 7.38. The quantitative estimate of drug-likeness (QED) is 0.0606. The SMILES string of the molecule is CCN1CCN(C(=O)NC(C(=O)N[C@@]2(C(=O)OCc3ccccc3)N3C(=O)[C@@H](NC=O)[C@H]3[S+]([O-])C2(C)C)c2ccc(OC(C)=O)c(OC(C)=O)c2)C(=O)C1=O. The lowest BCUT2D eigenvalue weighted by molar-refractivity contribution is -0.181. The molecule has 0 aromatic heterocycles. The average Bonchev–Trinajstić information content (AvgIpc) is 3.29. The number of imide groups is 1. The molecule has 2 aromatic carbocycles. The highest BCUT2D eigenvalue weighted by Gasteiger charge is 2.82. The Bertz CT molecular complexity index is 1940. The second-order valence-electron chi connectivity index (χ2n) is 13.0. The van der Waals surface area contributed by atoms with Crippen LogP contribution in [0.15, 0.2) is 48.5 Å². The van der Waals surface area contributed by atoms with Gasteiger partial charge in [0, 0.05) is 33.5 Å². The molecule has 20 heteroatoms. The van der Waals surface area contributed by atoms with Crippen LogP contribution >= 0.6 is 0 Å². The molecule has 0 radical (unpaired) electrons. The zero-order valence-corrected chi connectivity index (χ0v) is 31.1. The van der Waals surface area contributed by atoms with Gasteiger partial charge in [0.2, 0.25) is 17.7 Å². The Balaban J connectivity index is 1.60. The minimum Gasteiger partial charge on any atom is -0.614 e. The summed E-state index contributed by atoms with van der Waals surface area (Å²) < 4.78 is 28.3. The molecule has 0 saturated carbocycles. The number of hydrogen-bond donors (Lipinski definition) is 3. The molecular weight excluding hydrogens is 744 g/mol. The van der Waals surface area contributed by atoms with Crippen LogP contribution in [0.2, 0.25) is 0 Å². The molecule has 19 nitrogen and oxygen atoms in total. The van der Waals surface area contributed by atoms with Crippen molar-refractivity contribution in [2.45, 2.75) is 69.1 Å². The van der Waals surface area contributed by atoms with E-state index in [1.807, 2.05) is 0 Å². The van der Waals surface area contributed by atoms with Crippen molar-refractivity contribution in [3.05, 3.63) is 59.7 Å².